The van der Waals surface area contributed by atoms with Crippen LogP contribution in [0.25, 0.3) is 0 Å². The molecule has 0 radical (unpaired) electrons. The SMILES string of the molecule is COc1ccc(C(OC)(OC)c2ccc(Cl)s2)cc1. The Morgan fingerprint density at radius 2 is 1.58 bits per heavy atom. The van der Waals surface area contributed by atoms with Crippen LogP contribution in [0.5, 0.6) is 5.75 Å². The predicted molar refractivity (Wildman–Crippen MR) is 77.1 cm³/mol. The number of benzene rings is 1. The van der Waals surface area contributed by atoms with Crippen molar-refractivity contribution in [3.63, 3.8) is 0 Å². The molecule has 1 aromatic heterocycles. The molecule has 0 aliphatic rings. The molecule has 0 aliphatic carbocycles. The number of thiophene rings is 1. The number of rotatable bonds is 5. The normalized spacial score (nSPS) is 11.6. The zero-order valence-corrected chi connectivity index (χ0v) is 12.5. The fourth-order valence-electron chi connectivity index (χ4n) is 1.96. The summed E-state index contributed by atoms with van der Waals surface area (Å²) in [7, 11) is 4.86. The maximum atomic E-state index is 6.00. The van der Waals surface area contributed by atoms with Crippen LogP contribution < -0.4 is 4.74 Å². The van der Waals surface area contributed by atoms with Crippen LogP contribution in [0.4, 0.5) is 0 Å². The quantitative estimate of drug-likeness (QED) is 0.784. The van der Waals surface area contributed by atoms with E-state index in [4.69, 9.17) is 25.8 Å². The summed E-state index contributed by atoms with van der Waals surface area (Å²) >= 11 is 7.44. The second-order valence-electron chi connectivity index (χ2n) is 3.86. The van der Waals surface area contributed by atoms with Gasteiger partial charge in [0.2, 0.25) is 5.79 Å². The summed E-state index contributed by atoms with van der Waals surface area (Å²) in [5.41, 5.74) is 0.886. The van der Waals surface area contributed by atoms with Gasteiger partial charge in [-0.05, 0) is 36.4 Å². The summed E-state index contributed by atoms with van der Waals surface area (Å²) in [6.07, 6.45) is 0. The molecule has 1 aromatic carbocycles. The van der Waals surface area contributed by atoms with Crippen LogP contribution >= 0.6 is 22.9 Å². The molecule has 0 atom stereocenters. The van der Waals surface area contributed by atoms with E-state index in [1.54, 1.807) is 21.3 Å². The van der Waals surface area contributed by atoms with Crippen molar-refractivity contribution in [2.75, 3.05) is 21.3 Å². The molecule has 19 heavy (non-hydrogen) atoms. The van der Waals surface area contributed by atoms with E-state index in [1.807, 2.05) is 36.4 Å². The first-order valence-electron chi connectivity index (χ1n) is 5.67. The lowest BCUT2D eigenvalue weighted by atomic mass is 10.0. The minimum absolute atomic E-state index is 0.696. The molecular formula is C14H15ClO3S. The Morgan fingerprint density at radius 1 is 0.947 bits per heavy atom. The van der Waals surface area contributed by atoms with Gasteiger partial charge in [0.05, 0.1) is 16.3 Å². The van der Waals surface area contributed by atoms with Crippen LogP contribution in [0.15, 0.2) is 36.4 Å². The van der Waals surface area contributed by atoms with Crippen molar-refractivity contribution in [1.29, 1.82) is 0 Å². The van der Waals surface area contributed by atoms with Gasteiger partial charge in [-0.15, -0.1) is 11.3 Å². The third kappa shape index (κ3) is 2.62. The highest BCUT2D eigenvalue weighted by molar-refractivity contribution is 7.16. The Labute approximate surface area is 121 Å². The topological polar surface area (TPSA) is 27.7 Å². The molecular weight excluding hydrogens is 284 g/mol. The highest BCUT2D eigenvalue weighted by Gasteiger charge is 2.36. The number of ether oxygens (including phenoxy) is 3. The minimum Gasteiger partial charge on any atom is -0.497 e. The van der Waals surface area contributed by atoms with E-state index in [1.165, 1.54) is 11.3 Å². The monoisotopic (exact) mass is 298 g/mol. The predicted octanol–water partition coefficient (Wildman–Crippen LogP) is 3.90. The lowest BCUT2D eigenvalue weighted by Gasteiger charge is -2.30. The summed E-state index contributed by atoms with van der Waals surface area (Å²) in [4.78, 5) is 0.896. The summed E-state index contributed by atoms with van der Waals surface area (Å²) in [5.74, 6) is -0.154. The number of hydrogen-bond acceptors (Lipinski definition) is 4. The average molecular weight is 299 g/mol. The van der Waals surface area contributed by atoms with Gasteiger partial charge in [-0.3, -0.25) is 0 Å². The maximum absolute atomic E-state index is 6.00. The van der Waals surface area contributed by atoms with E-state index >= 15 is 0 Å². The average Bonchev–Trinajstić information content (AvgIpc) is 2.89. The first-order chi connectivity index (χ1) is 9.16. The molecule has 0 spiro atoms. The van der Waals surface area contributed by atoms with Crippen molar-refractivity contribution in [2.24, 2.45) is 0 Å². The molecule has 0 unspecified atom stereocenters. The van der Waals surface area contributed by atoms with E-state index in [-0.39, 0.29) is 0 Å². The molecule has 0 saturated heterocycles. The van der Waals surface area contributed by atoms with Gasteiger partial charge in [-0.25, -0.2) is 0 Å². The fourth-order valence-corrected chi connectivity index (χ4v) is 3.18. The van der Waals surface area contributed by atoms with Crippen molar-refractivity contribution < 1.29 is 14.2 Å². The molecule has 0 amide bonds. The molecule has 1 heterocycles. The lowest BCUT2D eigenvalue weighted by Crippen LogP contribution is -2.31. The van der Waals surface area contributed by atoms with Gasteiger partial charge < -0.3 is 14.2 Å². The van der Waals surface area contributed by atoms with E-state index in [9.17, 15) is 0 Å². The molecule has 0 aliphatic heterocycles. The van der Waals surface area contributed by atoms with Crippen molar-refractivity contribution in [1.82, 2.24) is 0 Å². The highest BCUT2D eigenvalue weighted by atomic mass is 35.5. The van der Waals surface area contributed by atoms with Crippen LogP contribution in [0.2, 0.25) is 4.34 Å². The molecule has 0 saturated carbocycles. The molecule has 0 fully saturated rings. The fraction of sp³-hybridized carbons (Fsp3) is 0.286. The molecule has 2 aromatic rings. The van der Waals surface area contributed by atoms with E-state index in [2.05, 4.69) is 0 Å². The highest BCUT2D eigenvalue weighted by Crippen LogP contribution is 2.39. The summed E-state index contributed by atoms with van der Waals surface area (Å²) in [6, 6.07) is 11.3. The van der Waals surface area contributed by atoms with Gasteiger partial charge in [0.1, 0.15) is 5.75 Å². The molecule has 102 valence electrons. The van der Waals surface area contributed by atoms with Crippen LogP contribution in [0, 0.1) is 0 Å². The van der Waals surface area contributed by atoms with Crippen molar-refractivity contribution in [2.45, 2.75) is 5.79 Å². The number of methoxy groups -OCH3 is 3. The van der Waals surface area contributed by atoms with Gasteiger partial charge in [0.15, 0.2) is 0 Å². The van der Waals surface area contributed by atoms with Gasteiger partial charge in [0.25, 0.3) is 0 Å². The van der Waals surface area contributed by atoms with Crippen molar-refractivity contribution in [3.05, 3.63) is 51.2 Å². The Kier molecular flexibility index (Phi) is 4.47. The second-order valence-corrected chi connectivity index (χ2v) is 5.57. The van der Waals surface area contributed by atoms with Gasteiger partial charge in [-0.2, -0.15) is 0 Å². The van der Waals surface area contributed by atoms with Crippen LogP contribution in [0.3, 0.4) is 0 Å². The third-order valence-corrected chi connectivity index (χ3v) is 4.26. The van der Waals surface area contributed by atoms with Gasteiger partial charge >= 0.3 is 0 Å². The Morgan fingerprint density at radius 3 is 2.00 bits per heavy atom. The van der Waals surface area contributed by atoms with Gasteiger partial charge in [-0.1, -0.05) is 11.6 Å². The number of hydrogen-bond donors (Lipinski definition) is 0. The Balaban J connectivity index is 2.48. The van der Waals surface area contributed by atoms with Crippen LogP contribution in [0.1, 0.15) is 10.4 Å². The smallest absolute Gasteiger partial charge is 0.231 e. The van der Waals surface area contributed by atoms with Gasteiger partial charge in [0, 0.05) is 19.8 Å². The summed E-state index contributed by atoms with van der Waals surface area (Å²) in [6.45, 7) is 0. The molecule has 0 N–H and O–H groups in total. The summed E-state index contributed by atoms with van der Waals surface area (Å²) in [5, 5.41) is 0. The third-order valence-electron chi connectivity index (χ3n) is 2.94. The van der Waals surface area contributed by atoms with E-state index in [0.717, 1.165) is 16.2 Å². The largest absolute Gasteiger partial charge is 0.497 e. The zero-order chi connectivity index (χ0) is 13.9. The van der Waals surface area contributed by atoms with Crippen molar-refractivity contribution in [3.8, 4) is 5.75 Å². The number of halogens is 1. The van der Waals surface area contributed by atoms with Crippen molar-refractivity contribution >= 4 is 22.9 Å². The lowest BCUT2D eigenvalue weighted by molar-refractivity contribution is -0.181. The minimum atomic E-state index is -0.940. The zero-order valence-electron chi connectivity index (χ0n) is 11.0. The molecule has 0 bridgehead atoms. The maximum Gasteiger partial charge on any atom is 0.231 e. The second kappa shape index (κ2) is 5.92. The Hall–Kier alpha value is -1.07. The van der Waals surface area contributed by atoms with Crippen LogP contribution in [-0.4, -0.2) is 21.3 Å². The summed E-state index contributed by atoms with van der Waals surface area (Å²) < 4.78 is 17.1. The molecule has 3 nitrogen and oxygen atoms in total. The first-order valence-corrected chi connectivity index (χ1v) is 6.86. The standard InChI is InChI=1S/C14H15ClO3S/c1-16-11-6-4-10(5-7-11)14(17-2,18-3)12-8-9-13(15)19-12/h4-9H,1-3H3. The Bertz CT molecular complexity index is 532. The first kappa shape index (κ1) is 14.3. The van der Waals surface area contributed by atoms with E-state index < -0.39 is 5.79 Å². The molecule has 5 heteroatoms. The molecule has 2 rings (SSSR count). The van der Waals surface area contributed by atoms with Crippen LogP contribution in [-0.2, 0) is 15.3 Å². The van der Waals surface area contributed by atoms with E-state index in [0.29, 0.717) is 4.34 Å².